The van der Waals surface area contributed by atoms with Gasteiger partial charge in [0.2, 0.25) is 0 Å². The molecule has 0 radical (unpaired) electrons. The fourth-order valence-electron chi connectivity index (χ4n) is 9.20. The van der Waals surface area contributed by atoms with Crippen LogP contribution in [0.4, 0.5) is 0 Å². The third kappa shape index (κ3) is 3.56. The largest absolute Gasteiger partial charge is 0.393 e. The Balaban J connectivity index is 1.53. The summed E-state index contributed by atoms with van der Waals surface area (Å²) in [5.74, 6) is 3.77. The number of allylic oxidation sites excluding steroid dienone is 1. The number of hydrogen-bond donors (Lipinski definition) is 3. The first-order valence-corrected chi connectivity index (χ1v) is 13.2. The molecule has 0 amide bonds. The minimum Gasteiger partial charge on any atom is -0.393 e. The van der Waals surface area contributed by atoms with Crippen molar-refractivity contribution in [3.05, 3.63) is 12.2 Å². The van der Waals surface area contributed by atoms with E-state index in [1.807, 2.05) is 0 Å². The first-order valence-electron chi connectivity index (χ1n) is 13.2. The molecule has 4 saturated carbocycles. The molecule has 0 aliphatic heterocycles. The third-order valence-electron chi connectivity index (χ3n) is 11.5. The number of aliphatic hydroxyl groups is 3. The molecular weight excluding hydrogens is 384 g/mol. The predicted molar refractivity (Wildman–Crippen MR) is 126 cm³/mol. The van der Waals surface area contributed by atoms with Gasteiger partial charge in [-0.05, 0) is 106 Å². The number of aliphatic hydroxyl groups excluding tert-OH is 2. The van der Waals surface area contributed by atoms with Gasteiger partial charge in [-0.25, -0.2) is 0 Å². The van der Waals surface area contributed by atoms with E-state index in [0.29, 0.717) is 35.5 Å². The highest BCUT2D eigenvalue weighted by molar-refractivity contribution is 5.17. The van der Waals surface area contributed by atoms with Gasteiger partial charge >= 0.3 is 0 Å². The molecule has 0 aromatic heterocycles. The van der Waals surface area contributed by atoms with Gasteiger partial charge in [-0.3, -0.25) is 0 Å². The van der Waals surface area contributed by atoms with Crippen LogP contribution in [0.2, 0.25) is 0 Å². The Labute approximate surface area is 190 Å². The van der Waals surface area contributed by atoms with E-state index >= 15 is 0 Å². The fraction of sp³-hybridized carbons (Fsp3) is 0.929. The summed E-state index contributed by atoms with van der Waals surface area (Å²) in [6.07, 6.45) is 9.05. The van der Waals surface area contributed by atoms with E-state index in [9.17, 15) is 15.3 Å². The maximum absolute atomic E-state index is 11.6. The van der Waals surface area contributed by atoms with Crippen LogP contribution in [-0.4, -0.2) is 33.1 Å². The van der Waals surface area contributed by atoms with Gasteiger partial charge in [0, 0.05) is 11.8 Å². The van der Waals surface area contributed by atoms with Crippen LogP contribution in [0.15, 0.2) is 12.2 Å². The van der Waals surface area contributed by atoms with Crippen LogP contribution >= 0.6 is 0 Å². The second-order valence-corrected chi connectivity index (χ2v) is 12.9. The average Bonchev–Trinajstić information content (AvgIpc) is 3.05. The summed E-state index contributed by atoms with van der Waals surface area (Å²) < 4.78 is 0. The van der Waals surface area contributed by atoms with Gasteiger partial charge in [-0.15, -0.1) is 0 Å². The molecule has 3 heteroatoms. The van der Waals surface area contributed by atoms with E-state index in [1.54, 1.807) is 0 Å². The van der Waals surface area contributed by atoms with E-state index in [1.165, 1.54) is 44.1 Å². The second kappa shape index (κ2) is 8.13. The maximum Gasteiger partial charge on any atom is 0.0985 e. The average molecular weight is 433 g/mol. The first-order chi connectivity index (χ1) is 14.4. The maximum atomic E-state index is 11.6. The van der Waals surface area contributed by atoms with Crippen molar-refractivity contribution >= 4 is 0 Å². The quantitative estimate of drug-likeness (QED) is 0.487. The lowest BCUT2D eigenvalue weighted by Gasteiger charge is -2.65. The Bertz CT molecular complexity index is 690. The van der Waals surface area contributed by atoms with Gasteiger partial charge in [0.25, 0.3) is 0 Å². The van der Waals surface area contributed by atoms with Crippen molar-refractivity contribution in [2.45, 2.75) is 117 Å². The molecule has 0 spiro atoms. The van der Waals surface area contributed by atoms with Crippen molar-refractivity contribution in [2.75, 3.05) is 0 Å². The normalized spacial score (nSPS) is 51.4. The molecule has 0 bridgehead atoms. The van der Waals surface area contributed by atoms with Gasteiger partial charge in [0.15, 0.2) is 0 Å². The van der Waals surface area contributed by atoms with E-state index in [0.717, 1.165) is 31.1 Å². The van der Waals surface area contributed by atoms with Crippen LogP contribution in [0.3, 0.4) is 0 Å². The molecule has 0 unspecified atom stereocenters. The molecule has 0 heterocycles. The Kier molecular flexibility index (Phi) is 6.24. The van der Waals surface area contributed by atoms with E-state index in [4.69, 9.17) is 0 Å². The molecule has 4 rings (SSSR count). The van der Waals surface area contributed by atoms with Gasteiger partial charge < -0.3 is 15.3 Å². The Hall–Kier alpha value is -0.380. The van der Waals surface area contributed by atoms with Crippen molar-refractivity contribution in [3.63, 3.8) is 0 Å². The highest BCUT2D eigenvalue weighted by atomic mass is 16.3. The molecular formula is C28H48O3. The molecule has 0 aromatic rings. The van der Waals surface area contributed by atoms with Crippen molar-refractivity contribution in [3.8, 4) is 0 Å². The lowest BCUT2D eigenvalue weighted by Crippen LogP contribution is -2.68. The molecule has 0 aromatic carbocycles. The zero-order valence-corrected chi connectivity index (χ0v) is 20.7. The summed E-state index contributed by atoms with van der Waals surface area (Å²) in [7, 11) is 0. The minimum atomic E-state index is -1.12. The van der Waals surface area contributed by atoms with Crippen LogP contribution in [0.1, 0.15) is 98.8 Å². The number of hydrogen-bond acceptors (Lipinski definition) is 3. The molecule has 0 saturated heterocycles. The monoisotopic (exact) mass is 432 g/mol. The topological polar surface area (TPSA) is 60.7 Å². The van der Waals surface area contributed by atoms with Gasteiger partial charge in [-0.2, -0.15) is 0 Å². The zero-order chi connectivity index (χ0) is 22.8. The molecule has 4 aliphatic rings. The van der Waals surface area contributed by atoms with Gasteiger partial charge in [0.05, 0.1) is 17.8 Å². The summed E-state index contributed by atoms with van der Waals surface area (Å²) in [6.45, 7) is 15.9. The second-order valence-electron chi connectivity index (χ2n) is 12.9. The smallest absolute Gasteiger partial charge is 0.0985 e. The number of fused-ring (bicyclic) bond motifs is 5. The van der Waals surface area contributed by atoms with Crippen molar-refractivity contribution in [1.82, 2.24) is 0 Å². The molecule has 178 valence electrons. The molecule has 3 N–H and O–H groups in total. The summed E-state index contributed by atoms with van der Waals surface area (Å²) >= 11 is 0. The first kappa shape index (κ1) is 23.8. The SMILES string of the molecule is C=C(C)[C@H](C)CC[C@@H](C)[C@H]1CC[C@H]2[C@@H]3C[C@@H](O)[C@@]4(O)C[C@@H](O)CC[C@]4(C)[C@H]3CC[C@]12C. The van der Waals surface area contributed by atoms with Crippen molar-refractivity contribution < 1.29 is 15.3 Å². The van der Waals surface area contributed by atoms with Crippen LogP contribution in [-0.2, 0) is 0 Å². The van der Waals surface area contributed by atoms with Gasteiger partial charge in [0.1, 0.15) is 0 Å². The number of rotatable bonds is 5. The van der Waals surface area contributed by atoms with Crippen LogP contribution in [0, 0.1) is 46.3 Å². The molecule has 31 heavy (non-hydrogen) atoms. The highest BCUT2D eigenvalue weighted by Crippen LogP contribution is 2.69. The summed E-state index contributed by atoms with van der Waals surface area (Å²) in [5, 5.41) is 33.1. The molecule has 4 aliphatic carbocycles. The third-order valence-corrected chi connectivity index (χ3v) is 11.5. The standard InChI is InChI=1S/C28H48O3/c1-17(2)18(3)7-8-19(4)22-9-10-23-21-15-25(30)28(31)16-20(29)11-14-27(28,6)24(21)12-13-26(22,23)5/h18-25,29-31H,1,7-16H2,2-6H3/t18-,19-,20+,21+,22-,23+,24+,25-,26-,27-,28+/m1/s1. The highest BCUT2D eigenvalue weighted by Gasteiger charge is 2.67. The Morgan fingerprint density at radius 3 is 2.39 bits per heavy atom. The minimum absolute atomic E-state index is 0.267. The lowest BCUT2D eigenvalue weighted by atomic mass is 9.42. The van der Waals surface area contributed by atoms with E-state index < -0.39 is 17.8 Å². The van der Waals surface area contributed by atoms with Crippen LogP contribution in [0.25, 0.3) is 0 Å². The predicted octanol–water partition coefficient (Wildman–Crippen LogP) is 5.72. The lowest BCUT2D eigenvalue weighted by molar-refractivity contribution is -0.264. The van der Waals surface area contributed by atoms with Crippen molar-refractivity contribution in [1.29, 1.82) is 0 Å². The molecule has 3 nitrogen and oxygen atoms in total. The van der Waals surface area contributed by atoms with E-state index in [-0.39, 0.29) is 5.41 Å². The fourth-order valence-corrected chi connectivity index (χ4v) is 9.20. The van der Waals surface area contributed by atoms with Crippen LogP contribution < -0.4 is 0 Å². The van der Waals surface area contributed by atoms with Crippen LogP contribution in [0.5, 0.6) is 0 Å². The van der Waals surface area contributed by atoms with E-state index in [2.05, 4.69) is 41.2 Å². The Morgan fingerprint density at radius 2 is 1.71 bits per heavy atom. The summed E-state index contributed by atoms with van der Waals surface area (Å²) in [6, 6.07) is 0. The van der Waals surface area contributed by atoms with Gasteiger partial charge in [-0.1, -0.05) is 39.8 Å². The molecule has 4 fully saturated rings. The van der Waals surface area contributed by atoms with Crippen molar-refractivity contribution in [2.24, 2.45) is 46.3 Å². The zero-order valence-electron chi connectivity index (χ0n) is 20.7. The Morgan fingerprint density at radius 1 is 1.00 bits per heavy atom. The molecule has 11 atom stereocenters. The summed E-state index contributed by atoms with van der Waals surface area (Å²) in [5.41, 5.74) is 0.282. The summed E-state index contributed by atoms with van der Waals surface area (Å²) in [4.78, 5) is 0.